The van der Waals surface area contributed by atoms with Crippen LogP contribution >= 0.6 is 0 Å². The van der Waals surface area contributed by atoms with Crippen molar-refractivity contribution < 1.29 is 23.8 Å². The minimum Gasteiger partial charge on any atom is -0.493 e. The summed E-state index contributed by atoms with van der Waals surface area (Å²) in [7, 11) is 7.04. The molecule has 0 aliphatic heterocycles. The van der Waals surface area contributed by atoms with Crippen LogP contribution in [0.15, 0.2) is 66.8 Å². The van der Waals surface area contributed by atoms with Crippen molar-refractivity contribution in [1.82, 2.24) is 0 Å². The molecule has 2 aromatic rings. The number of nitrogens with zero attached hydrogens (tertiary/aromatic N) is 1. The number of methoxy groups -OCH3 is 2. The van der Waals surface area contributed by atoms with Crippen molar-refractivity contribution >= 4 is 23.3 Å². The maximum Gasteiger partial charge on any atom is 0.330 e. The highest BCUT2D eigenvalue weighted by molar-refractivity contribution is 5.96. The molecule has 33 heavy (non-hydrogen) atoms. The molecule has 176 valence electrons. The third-order valence-corrected chi connectivity index (χ3v) is 4.92. The molecule has 7 nitrogen and oxygen atoms in total. The second kappa shape index (κ2) is 13.0. The summed E-state index contributed by atoms with van der Waals surface area (Å²) >= 11 is 0. The van der Waals surface area contributed by atoms with Crippen LogP contribution in [0.3, 0.4) is 0 Å². The van der Waals surface area contributed by atoms with Gasteiger partial charge in [0.2, 0.25) is 5.91 Å². The maximum absolute atomic E-state index is 13.2. The first-order valence-electron chi connectivity index (χ1n) is 10.7. The van der Waals surface area contributed by atoms with E-state index in [1.165, 1.54) is 6.08 Å². The molecular formula is C26H32N2O5. The Morgan fingerprint density at radius 3 is 2.30 bits per heavy atom. The van der Waals surface area contributed by atoms with Crippen molar-refractivity contribution in [3.8, 4) is 11.5 Å². The zero-order valence-corrected chi connectivity index (χ0v) is 19.8. The van der Waals surface area contributed by atoms with E-state index in [-0.39, 0.29) is 5.91 Å². The first kappa shape index (κ1) is 25.5. The van der Waals surface area contributed by atoms with Crippen molar-refractivity contribution in [2.24, 2.45) is 0 Å². The SMILES string of the molecule is CCOC(=O)C=CC=CC[C@@H](C(=O)Nc1ccc(OC)c(OC)c1)c1ccc(N(C)C)cc1. The second-order valence-electron chi connectivity index (χ2n) is 7.37. The highest BCUT2D eigenvalue weighted by Crippen LogP contribution is 2.31. The molecule has 0 bridgehead atoms. The molecule has 0 unspecified atom stereocenters. The summed E-state index contributed by atoms with van der Waals surface area (Å²) < 4.78 is 15.5. The number of hydrogen-bond donors (Lipinski definition) is 1. The molecule has 0 aliphatic rings. The van der Waals surface area contributed by atoms with E-state index in [9.17, 15) is 9.59 Å². The van der Waals surface area contributed by atoms with Gasteiger partial charge in [-0.05, 0) is 43.2 Å². The van der Waals surface area contributed by atoms with Crippen LogP contribution in [0.5, 0.6) is 11.5 Å². The summed E-state index contributed by atoms with van der Waals surface area (Å²) in [5, 5.41) is 2.97. The van der Waals surface area contributed by atoms with Crippen LogP contribution < -0.4 is 19.7 Å². The predicted octanol–water partition coefficient (Wildman–Crippen LogP) is 4.56. The van der Waals surface area contributed by atoms with E-state index in [1.54, 1.807) is 51.5 Å². The van der Waals surface area contributed by atoms with Gasteiger partial charge in [-0.1, -0.05) is 30.4 Å². The Kier molecular flexibility index (Phi) is 10.0. The Bertz CT molecular complexity index is 981. The fraction of sp³-hybridized carbons (Fsp3) is 0.308. The van der Waals surface area contributed by atoms with E-state index in [1.807, 2.05) is 49.3 Å². The number of carbonyl (C=O) groups excluding carboxylic acids is 2. The van der Waals surface area contributed by atoms with Gasteiger partial charge in [0.15, 0.2) is 11.5 Å². The zero-order chi connectivity index (χ0) is 24.2. The Labute approximate surface area is 195 Å². The van der Waals surface area contributed by atoms with Gasteiger partial charge in [0.1, 0.15) is 0 Å². The summed E-state index contributed by atoms with van der Waals surface area (Å²) in [6, 6.07) is 13.1. The van der Waals surface area contributed by atoms with Crippen LogP contribution in [0.1, 0.15) is 24.8 Å². The summed E-state index contributed by atoms with van der Waals surface area (Å²) in [5.74, 6) is 0.137. The molecule has 1 amide bonds. The predicted molar refractivity (Wildman–Crippen MR) is 131 cm³/mol. The van der Waals surface area contributed by atoms with Crippen LogP contribution in [-0.2, 0) is 14.3 Å². The molecule has 0 aliphatic carbocycles. The molecule has 2 rings (SSSR count). The third kappa shape index (κ3) is 7.71. The number of benzene rings is 2. The minimum atomic E-state index is -0.429. The molecule has 1 atom stereocenters. The summed E-state index contributed by atoms with van der Waals surface area (Å²) in [6.45, 7) is 2.08. The molecule has 2 aromatic carbocycles. The Balaban J connectivity index is 2.22. The number of carbonyl (C=O) groups is 2. The molecule has 0 aromatic heterocycles. The van der Waals surface area contributed by atoms with Crippen LogP contribution in [0.2, 0.25) is 0 Å². The lowest BCUT2D eigenvalue weighted by molar-refractivity contribution is -0.137. The summed E-state index contributed by atoms with van der Waals surface area (Å²) in [6.07, 6.45) is 7.00. The molecule has 0 spiro atoms. The molecule has 1 N–H and O–H groups in total. The lowest BCUT2D eigenvalue weighted by Gasteiger charge is -2.18. The molecule has 0 radical (unpaired) electrons. The number of allylic oxidation sites excluding steroid dienone is 3. The maximum atomic E-state index is 13.2. The number of hydrogen-bond acceptors (Lipinski definition) is 6. The van der Waals surface area contributed by atoms with Gasteiger partial charge >= 0.3 is 5.97 Å². The number of nitrogens with one attached hydrogen (secondary N) is 1. The van der Waals surface area contributed by atoms with Crippen molar-refractivity contribution in [3.05, 3.63) is 72.3 Å². The van der Waals surface area contributed by atoms with Gasteiger partial charge in [-0.15, -0.1) is 0 Å². The van der Waals surface area contributed by atoms with Gasteiger partial charge in [0, 0.05) is 37.6 Å². The van der Waals surface area contributed by atoms with Gasteiger partial charge in [0.25, 0.3) is 0 Å². The lowest BCUT2D eigenvalue weighted by atomic mass is 9.94. The standard InChI is InChI=1S/C26H32N2O5/c1-6-33-25(29)11-9-7-8-10-22(19-12-15-21(16-13-19)28(2)3)26(30)27-20-14-17-23(31-4)24(18-20)32-5/h7-9,11-18,22H,6,10H2,1-5H3,(H,27,30)/t22-/m1/s1. The fourth-order valence-electron chi connectivity index (χ4n) is 3.16. The van der Waals surface area contributed by atoms with Crippen LogP contribution in [0.25, 0.3) is 0 Å². The van der Waals surface area contributed by atoms with Crippen molar-refractivity contribution in [2.75, 3.05) is 45.1 Å². The van der Waals surface area contributed by atoms with E-state index < -0.39 is 11.9 Å². The van der Waals surface area contributed by atoms with Crippen molar-refractivity contribution in [3.63, 3.8) is 0 Å². The lowest BCUT2D eigenvalue weighted by Crippen LogP contribution is -2.21. The molecule has 0 saturated heterocycles. The number of ether oxygens (including phenoxy) is 3. The average molecular weight is 453 g/mol. The minimum absolute atomic E-state index is 0.154. The average Bonchev–Trinajstić information content (AvgIpc) is 2.81. The second-order valence-corrected chi connectivity index (χ2v) is 7.37. The smallest absolute Gasteiger partial charge is 0.330 e. The van der Waals surface area contributed by atoms with Crippen molar-refractivity contribution in [2.45, 2.75) is 19.3 Å². The summed E-state index contributed by atoms with van der Waals surface area (Å²) in [5.41, 5.74) is 2.54. The van der Waals surface area contributed by atoms with E-state index in [0.717, 1.165) is 11.3 Å². The largest absolute Gasteiger partial charge is 0.493 e. The van der Waals surface area contributed by atoms with Gasteiger partial charge in [-0.25, -0.2) is 4.79 Å². The quantitative estimate of drug-likeness (QED) is 0.306. The van der Waals surface area contributed by atoms with E-state index >= 15 is 0 Å². The number of amides is 1. The summed E-state index contributed by atoms with van der Waals surface area (Å²) in [4.78, 5) is 26.7. The van der Waals surface area contributed by atoms with E-state index in [4.69, 9.17) is 14.2 Å². The van der Waals surface area contributed by atoms with E-state index in [0.29, 0.717) is 30.2 Å². The molecule has 0 fully saturated rings. The van der Waals surface area contributed by atoms with Crippen LogP contribution in [-0.4, -0.2) is 46.8 Å². The van der Waals surface area contributed by atoms with Crippen LogP contribution in [0, 0.1) is 0 Å². The topological polar surface area (TPSA) is 77.1 Å². The van der Waals surface area contributed by atoms with Crippen LogP contribution in [0.4, 0.5) is 11.4 Å². The highest BCUT2D eigenvalue weighted by atomic mass is 16.5. The van der Waals surface area contributed by atoms with Gasteiger partial charge in [-0.3, -0.25) is 4.79 Å². The monoisotopic (exact) mass is 452 g/mol. The first-order chi connectivity index (χ1) is 15.9. The first-order valence-corrected chi connectivity index (χ1v) is 10.7. The van der Waals surface area contributed by atoms with Gasteiger partial charge < -0.3 is 24.4 Å². The Hall–Kier alpha value is -3.74. The number of anilines is 2. The molecular weight excluding hydrogens is 420 g/mol. The van der Waals surface area contributed by atoms with E-state index in [2.05, 4.69) is 5.32 Å². The molecule has 0 saturated carbocycles. The normalized spacial score (nSPS) is 11.9. The molecule has 0 heterocycles. The molecule has 7 heteroatoms. The van der Waals surface area contributed by atoms with Crippen molar-refractivity contribution in [1.29, 1.82) is 0 Å². The highest BCUT2D eigenvalue weighted by Gasteiger charge is 2.20. The Morgan fingerprint density at radius 1 is 1.00 bits per heavy atom. The number of rotatable bonds is 11. The Morgan fingerprint density at radius 2 is 1.70 bits per heavy atom. The fourth-order valence-corrected chi connectivity index (χ4v) is 3.16. The third-order valence-electron chi connectivity index (χ3n) is 4.92. The zero-order valence-electron chi connectivity index (χ0n) is 19.8. The van der Waals surface area contributed by atoms with Gasteiger partial charge in [-0.2, -0.15) is 0 Å². The number of esters is 1. The van der Waals surface area contributed by atoms with Gasteiger partial charge in [0.05, 0.1) is 26.7 Å².